The Kier molecular flexibility index (Phi) is 3.45. The van der Waals surface area contributed by atoms with Crippen molar-refractivity contribution in [2.75, 3.05) is 19.6 Å². The van der Waals surface area contributed by atoms with E-state index in [9.17, 15) is 0 Å². The molecule has 0 radical (unpaired) electrons. The molecule has 0 fully saturated rings. The number of aryl methyl sites for hydroxylation is 1. The van der Waals surface area contributed by atoms with Gasteiger partial charge >= 0.3 is 0 Å². The molecule has 0 saturated carbocycles. The summed E-state index contributed by atoms with van der Waals surface area (Å²) >= 11 is 6.14. The lowest BCUT2D eigenvalue weighted by atomic mass is 10.1. The van der Waals surface area contributed by atoms with Gasteiger partial charge in [-0.1, -0.05) is 11.6 Å². The van der Waals surface area contributed by atoms with Gasteiger partial charge in [0.2, 0.25) is 0 Å². The number of rotatable bonds is 3. The number of pyridine rings is 1. The summed E-state index contributed by atoms with van der Waals surface area (Å²) in [5.41, 5.74) is 4.10. The molecule has 2 rings (SSSR count). The normalized spacial score (nSPS) is 10.5. The van der Waals surface area contributed by atoms with E-state index in [1.165, 1.54) is 0 Å². The first kappa shape index (κ1) is 12.7. The third-order valence-electron chi connectivity index (χ3n) is 2.73. The van der Waals surface area contributed by atoms with E-state index in [1.54, 1.807) is 20.3 Å². The number of nitrogens with one attached hydrogen (secondary N) is 1. The summed E-state index contributed by atoms with van der Waals surface area (Å²) in [5, 5.41) is 1.27. The fraction of sp³-hybridized carbons (Fsp3) is 0.250. The number of hydrazine groups is 1. The predicted molar refractivity (Wildman–Crippen MR) is 72.4 cm³/mol. The van der Waals surface area contributed by atoms with Crippen molar-refractivity contribution < 1.29 is 9.47 Å². The van der Waals surface area contributed by atoms with E-state index in [0.29, 0.717) is 27.9 Å². The Labute approximate surface area is 110 Å². The summed E-state index contributed by atoms with van der Waals surface area (Å²) in [5.74, 6) is 7.16. The minimum absolute atomic E-state index is 0.483. The topological polar surface area (TPSA) is 69.4 Å². The highest BCUT2D eigenvalue weighted by molar-refractivity contribution is 6.33. The van der Waals surface area contributed by atoms with Gasteiger partial charge in [-0.2, -0.15) is 0 Å². The number of fused-ring (bicyclic) bond motifs is 1. The maximum absolute atomic E-state index is 6.14. The third kappa shape index (κ3) is 1.91. The lowest BCUT2D eigenvalue weighted by Crippen LogP contribution is -2.10. The van der Waals surface area contributed by atoms with Crippen molar-refractivity contribution in [3.05, 3.63) is 22.7 Å². The number of nitrogens with zero attached hydrogens (tertiary/aromatic N) is 1. The van der Waals surface area contributed by atoms with Crippen molar-refractivity contribution in [2.24, 2.45) is 5.84 Å². The molecule has 0 bridgehead atoms. The molecule has 0 atom stereocenters. The van der Waals surface area contributed by atoms with Crippen LogP contribution in [0.4, 0.5) is 5.82 Å². The van der Waals surface area contributed by atoms with Gasteiger partial charge in [0.15, 0.2) is 0 Å². The highest BCUT2D eigenvalue weighted by Crippen LogP contribution is 2.39. The summed E-state index contributed by atoms with van der Waals surface area (Å²) in [7, 11) is 3.13. The number of benzene rings is 1. The van der Waals surface area contributed by atoms with Gasteiger partial charge in [0.25, 0.3) is 0 Å². The van der Waals surface area contributed by atoms with Gasteiger partial charge in [-0.25, -0.2) is 10.8 Å². The van der Waals surface area contributed by atoms with Crippen molar-refractivity contribution in [2.45, 2.75) is 6.92 Å². The van der Waals surface area contributed by atoms with Crippen LogP contribution in [0.3, 0.4) is 0 Å². The van der Waals surface area contributed by atoms with Gasteiger partial charge in [-0.15, -0.1) is 0 Å². The number of aromatic nitrogens is 1. The first-order chi connectivity index (χ1) is 8.62. The summed E-state index contributed by atoms with van der Waals surface area (Å²) in [6.07, 6.45) is 0. The monoisotopic (exact) mass is 267 g/mol. The lowest BCUT2D eigenvalue weighted by Gasteiger charge is -2.13. The van der Waals surface area contributed by atoms with E-state index in [-0.39, 0.29) is 0 Å². The SMILES string of the molecule is COc1c(Cl)cc(OC)c2nc(NN)c(C)cc12. The van der Waals surface area contributed by atoms with Crippen molar-refractivity contribution in [1.29, 1.82) is 0 Å². The molecule has 1 aromatic carbocycles. The van der Waals surface area contributed by atoms with Gasteiger partial charge < -0.3 is 14.9 Å². The van der Waals surface area contributed by atoms with E-state index < -0.39 is 0 Å². The molecular formula is C12H14ClN3O2. The fourth-order valence-corrected chi connectivity index (χ4v) is 2.14. The highest BCUT2D eigenvalue weighted by atomic mass is 35.5. The maximum atomic E-state index is 6.14. The predicted octanol–water partition coefficient (Wildman–Crippen LogP) is 2.50. The lowest BCUT2D eigenvalue weighted by molar-refractivity contribution is 0.410. The van der Waals surface area contributed by atoms with Gasteiger partial charge in [0, 0.05) is 11.5 Å². The molecule has 6 heteroatoms. The van der Waals surface area contributed by atoms with E-state index in [1.807, 2.05) is 13.0 Å². The molecule has 18 heavy (non-hydrogen) atoms. The van der Waals surface area contributed by atoms with Crippen LogP contribution in [0.25, 0.3) is 10.9 Å². The zero-order valence-electron chi connectivity index (χ0n) is 10.4. The second-order valence-electron chi connectivity index (χ2n) is 3.79. The van der Waals surface area contributed by atoms with Gasteiger partial charge in [0.05, 0.1) is 19.2 Å². The zero-order chi connectivity index (χ0) is 13.3. The number of nitrogens with two attached hydrogens (primary N) is 1. The van der Waals surface area contributed by atoms with E-state index >= 15 is 0 Å². The minimum atomic E-state index is 0.483. The van der Waals surface area contributed by atoms with Crippen LogP contribution in [-0.2, 0) is 0 Å². The Morgan fingerprint density at radius 2 is 2.00 bits per heavy atom. The Balaban J connectivity index is 2.88. The van der Waals surface area contributed by atoms with Gasteiger partial charge in [-0.05, 0) is 18.6 Å². The minimum Gasteiger partial charge on any atom is -0.494 e. The molecule has 3 N–H and O–H groups in total. The van der Waals surface area contributed by atoms with Gasteiger partial charge in [0.1, 0.15) is 22.8 Å². The number of hydrogen-bond acceptors (Lipinski definition) is 5. The second-order valence-corrected chi connectivity index (χ2v) is 4.20. The molecule has 5 nitrogen and oxygen atoms in total. The first-order valence-corrected chi connectivity index (χ1v) is 5.68. The number of halogens is 1. The summed E-state index contributed by atoms with van der Waals surface area (Å²) in [4.78, 5) is 4.41. The van der Waals surface area contributed by atoms with Crippen LogP contribution in [0.5, 0.6) is 11.5 Å². The molecule has 1 aromatic heterocycles. The largest absolute Gasteiger partial charge is 0.494 e. The maximum Gasteiger partial charge on any atom is 0.147 e. The fourth-order valence-electron chi connectivity index (χ4n) is 1.86. The standard InChI is InChI=1S/C12H14ClN3O2/c1-6-4-7-10(15-12(6)16-14)9(17-2)5-8(13)11(7)18-3/h4-5H,14H2,1-3H3,(H,15,16). The number of methoxy groups -OCH3 is 2. The molecule has 0 aliphatic heterocycles. The molecular weight excluding hydrogens is 254 g/mol. The van der Waals surface area contributed by atoms with E-state index in [2.05, 4.69) is 10.4 Å². The molecule has 0 spiro atoms. The average Bonchev–Trinajstić information content (AvgIpc) is 2.37. The number of nitrogen functional groups attached to an aromatic ring is 1. The summed E-state index contributed by atoms with van der Waals surface area (Å²) in [6, 6.07) is 3.58. The van der Waals surface area contributed by atoms with Crippen LogP contribution in [-0.4, -0.2) is 19.2 Å². The van der Waals surface area contributed by atoms with Crippen LogP contribution in [0, 0.1) is 6.92 Å². The molecule has 0 saturated heterocycles. The molecule has 2 aromatic rings. The molecule has 0 amide bonds. The summed E-state index contributed by atoms with van der Waals surface area (Å²) in [6.45, 7) is 1.90. The van der Waals surface area contributed by atoms with Crippen molar-refractivity contribution in [3.63, 3.8) is 0 Å². The quantitative estimate of drug-likeness (QED) is 0.660. The third-order valence-corrected chi connectivity index (χ3v) is 3.01. The Bertz CT molecular complexity index is 602. The van der Waals surface area contributed by atoms with Crippen molar-refractivity contribution in [3.8, 4) is 11.5 Å². The number of ether oxygens (including phenoxy) is 2. The molecule has 0 aliphatic carbocycles. The Morgan fingerprint density at radius 1 is 1.28 bits per heavy atom. The van der Waals surface area contributed by atoms with Crippen LogP contribution in [0.2, 0.25) is 5.02 Å². The van der Waals surface area contributed by atoms with E-state index in [4.69, 9.17) is 26.9 Å². The average molecular weight is 268 g/mol. The van der Waals surface area contributed by atoms with Crippen LogP contribution in [0.15, 0.2) is 12.1 Å². The second kappa shape index (κ2) is 4.88. The Morgan fingerprint density at radius 3 is 2.56 bits per heavy atom. The van der Waals surface area contributed by atoms with Crippen LogP contribution in [0.1, 0.15) is 5.56 Å². The molecule has 0 unspecified atom stereocenters. The first-order valence-electron chi connectivity index (χ1n) is 5.30. The smallest absolute Gasteiger partial charge is 0.147 e. The molecule has 96 valence electrons. The van der Waals surface area contributed by atoms with E-state index in [0.717, 1.165) is 10.9 Å². The molecule has 1 heterocycles. The van der Waals surface area contributed by atoms with Crippen molar-refractivity contribution in [1.82, 2.24) is 4.98 Å². The zero-order valence-corrected chi connectivity index (χ0v) is 11.1. The van der Waals surface area contributed by atoms with Crippen LogP contribution < -0.4 is 20.7 Å². The summed E-state index contributed by atoms with van der Waals surface area (Å²) < 4.78 is 10.6. The molecule has 0 aliphatic rings. The van der Waals surface area contributed by atoms with Gasteiger partial charge in [-0.3, -0.25) is 0 Å². The van der Waals surface area contributed by atoms with Crippen LogP contribution >= 0.6 is 11.6 Å². The highest BCUT2D eigenvalue weighted by Gasteiger charge is 2.15. The van der Waals surface area contributed by atoms with Crippen molar-refractivity contribution >= 4 is 28.3 Å². The Hall–Kier alpha value is -1.72. The number of hydrogen-bond donors (Lipinski definition) is 2. The number of anilines is 1.